The van der Waals surface area contributed by atoms with E-state index in [1.54, 1.807) is 0 Å². The van der Waals surface area contributed by atoms with Gasteiger partial charge in [-0.3, -0.25) is 0 Å². The molecule has 0 radical (unpaired) electrons. The monoisotopic (exact) mass is 156 g/mol. The van der Waals surface area contributed by atoms with Crippen molar-refractivity contribution >= 4 is 0 Å². The molecule has 2 atom stereocenters. The van der Waals surface area contributed by atoms with Crippen molar-refractivity contribution in [2.75, 3.05) is 26.7 Å². The van der Waals surface area contributed by atoms with E-state index in [1.807, 2.05) is 7.05 Å². The summed E-state index contributed by atoms with van der Waals surface area (Å²) in [6.07, 6.45) is 2.69. The molecular formula is C9H20N2. The van der Waals surface area contributed by atoms with Crippen LogP contribution in [0.5, 0.6) is 0 Å². The molecule has 11 heavy (non-hydrogen) atoms. The molecule has 2 nitrogen and oxygen atoms in total. The molecule has 0 bridgehead atoms. The number of nitrogens with one attached hydrogen (secondary N) is 2. The molecule has 1 fully saturated rings. The van der Waals surface area contributed by atoms with Gasteiger partial charge in [0.05, 0.1) is 0 Å². The van der Waals surface area contributed by atoms with Gasteiger partial charge in [0.1, 0.15) is 0 Å². The van der Waals surface area contributed by atoms with E-state index < -0.39 is 0 Å². The van der Waals surface area contributed by atoms with Crippen molar-refractivity contribution in [2.24, 2.45) is 11.8 Å². The molecule has 2 N–H and O–H groups in total. The van der Waals surface area contributed by atoms with Crippen molar-refractivity contribution in [2.45, 2.75) is 19.8 Å². The minimum absolute atomic E-state index is 0.990. The van der Waals surface area contributed by atoms with Crippen LogP contribution in [0.15, 0.2) is 0 Å². The van der Waals surface area contributed by atoms with Gasteiger partial charge in [-0.15, -0.1) is 0 Å². The summed E-state index contributed by atoms with van der Waals surface area (Å²) in [6, 6.07) is 0. The maximum absolute atomic E-state index is 3.47. The highest BCUT2D eigenvalue weighted by Crippen LogP contribution is 2.36. The Hall–Kier alpha value is -0.0800. The lowest BCUT2D eigenvalue weighted by atomic mass is 10.3. The second-order valence-electron chi connectivity index (χ2n) is 3.63. The summed E-state index contributed by atoms with van der Waals surface area (Å²) in [4.78, 5) is 0. The first-order valence-corrected chi connectivity index (χ1v) is 4.70. The van der Waals surface area contributed by atoms with Crippen LogP contribution in [0.1, 0.15) is 19.8 Å². The van der Waals surface area contributed by atoms with Crippen LogP contribution >= 0.6 is 0 Å². The van der Waals surface area contributed by atoms with Crippen LogP contribution < -0.4 is 10.6 Å². The molecule has 0 aromatic rings. The van der Waals surface area contributed by atoms with E-state index in [1.165, 1.54) is 25.9 Å². The minimum atomic E-state index is 0.990. The van der Waals surface area contributed by atoms with Crippen molar-refractivity contribution < 1.29 is 0 Å². The molecule has 0 amide bonds. The summed E-state index contributed by atoms with van der Waals surface area (Å²) in [6.45, 7) is 5.88. The summed E-state index contributed by atoms with van der Waals surface area (Å²) < 4.78 is 0. The molecule has 0 heterocycles. The average molecular weight is 156 g/mol. The molecule has 1 rings (SSSR count). The molecule has 0 aromatic heterocycles. The van der Waals surface area contributed by atoms with Crippen LogP contribution in [-0.2, 0) is 0 Å². The second kappa shape index (κ2) is 4.73. The molecule has 2 heteroatoms. The van der Waals surface area contributed by atoms with E-state index in [2.05, 4.69) is 17.6 Å². The molecule has 0 aromatic carbocycles. The Kier molecular flexibility index (Phi) is 3.87. The number of rotatable bonds is 6. The molecule has 1 aliphatic carbocycles. The smallest absolute Gasteiger partial charge is 0.00179 e. The van der Waals surface area contributed by atoms with Crippen LogP contribution in [0.3, 0.4) is 0 Å². The Balaban J connectivity index is 1.74. The second-order valence-corrected chi connectivity index (χ2v) is 3.63. The molecule has 0 aliphatic heterocycles. The topological polar surface area (TPSA) is 24.1 Å². The van der Waals surface area contributed by atoms with E-state index in [-0.39, 0.29) is 0 Å². The summed E-state index contributed by atoms with van der Waals surface area (Å²) in [7, 11) is 2.00. The summed E-state index contributed by atoms with van der Waals surface area (Å²) in [5.41, 5.74) is 0. The third-order valence-corrected chi connectivity index (χ3v) is 2.46. The van der Waals surface area contributed by atoms with E-state index in [4.69, 9.17) is 0 Å². The highest BCUT2D eigenvalue weighted by Gasteiger charge is 2.31. The van der Waals surface area contributed by atoms with Crippen molar-refractivity contribution in [3.8, 4) is 0 Å². The van der Waals surface area contributed by atoms with Crippen molar-refractivity contribution in [3.05, 3.63) is 0 Å². The van der Waals surface area contributed by atoms with Crippen LogP contribution in [-0.4, -0.2) is 26.7 Å². The van der Waals surface area contributed by atoms with Gasteiger partial charge >= 0.3 is 0 Å². The normalized spacial score (nSPS) is 28.9. The maximum atomic E-state index is 3.47. The third-order valence-electron chi connectivity index (χ3n) is 2.46. The van der Waals surface area contributed by atoms with Gasteiger partial charge in [0.2, 0.25) is 0 Å². The summed E-state index contributed by atoms with van der Waals surface area (Å²) in [5, 5.41) is 6.61. The summed E-state index contributed by atoms with van der Waals surface area (Å²) >= 11 is 0. The molecule has 0 saturated heterocycles. The van der Waals surface area contributed by atoms with Gasteiger partial charge in [-0.1, -0.05) is 6.92 Å². The van der Waals surface area contributed by atoms with Crippen LogP contribution in [0.25, 0.3) is 0 Å². The molecule has 1 saturated carbocycles. The van der Waals surface area contributed by atoms with E-state index in [0.29, 0.717) is 0 Å². The lowest BCUT2D eigenvalue weighted by Crippen LogP contribution is -2.22. The predicted molar refractivity (Wildman–Crippen MR) is 48.7 cm³/mol. The molecule has 1 aliphatic rings. The van der Waals surface area contributed by atoms with E-state index in [9.17, 15) is 0 Å². The SMILES string of the molecule is CNCCCNCC1CC1C. The first-order chi connectivity index (χ1) is 5.34. The Morgan fingerprint density at radius 1 is 1.36 bits per heavy atom. The Morgan fingerprint density at radius 2 is 2.09 bits per heavy atom. The van der Waals surface area contributed by atoms with E-state index >= 15 is 0 Å². The van der Waals surface area contributed by atoms with Gasteiger partial charge in [-0.2, -0.15) is 0 Å². The van der Waals surface area contributed by atoms with Crippen LogP contribution in [0.4, 0.5) is 0 Å². The van der Waals surface area contributed by atoms with Crippen molar-refractivity contribution in [3.63, 3.8) is 0 Å². The van der Waals surface area contributed by atoms with Gasteiger partial charge in [-0.25, -0.2) is 0 Å². The van der Waals surface area contributed by atoms with Crippen molar-refractivity contribution in [1.29, 1.82) is 0 Å². The summed E-state index contributed by atoms with van der Waals surface area (Å²) in [5.74, 6) is 1.98. The first-order valence-electron chi connectivity index (χ1n) is 4.70. The fraction of sp³-hybridized carbons (Fsp3) is 1.00. The van der Waals surface area contributed by atoms with Crippen LogP contribution in [0.2, 0.25) is 0 Å². The third kappa shape index (κ3) is 3.73. The number of hydrogen-bond donors (Lipinski definition) is 2. The fourth-order valence-corrected chi connectivity index (χ4v) is 1.36. The van der Waals surface area contributed by atoms with Crippen molar-refractivity contribution in [1.82, 2.24) is 10.6 Å². The standard InChI is InChI=1S/C9H20N2/c1-8-6-9(8)7-11-5-3-4-10-2/h8-11H,3-7H2,1-2H3. The Morgan fingerprint density at radius 3 is 2.64 bits per heavy atom. The highest BCUT2D eigenvalue weighted by molar-refractivity contribution is 4.83. The molecular weight excluding hydrogens is 136 g/mol. The minimum Gasteiger partial charge on any atom is -0.320 e. The van der Waals surface area contributed by atoms with E-state index in [0.717, 1.165) is 18.4 Å². The van der Waals surface area contributed by atoms with Gasteiger partial charge in [0.15, 0.2) is 0 Å². The number of hydrogen-bond acceptors (Lipinski definition) is 2. The zero-order valence-corrected chi connectivity index (χ0v) is 7.69. The quantitative estimate of drug-likeness (QED) is 0.557. The molecule has 2 unspecified atom stereocenters. The van der Waals surface area contributed by atoms with Crippen LogP contribution in [0, 0.1) is 11.8 Å². The van der Waals surface area contributed by atoms with Gasteiger partial charge in [-0.05, 0) is 51.4 Å². The predicted octanol–water partition coefficient (Wildman–Crippen LogP) is 0.841. The van der Waals surface area contributed by atoms with Gasteiger partial charge in [0, 0.05) is 0 Å². The highest BCUT2D eigenvalue weighted by atomic mass is 14.9. The fourth-order valence-electron chi connectivity index (χ4n) is 1.36. The Labute approximate surface area is 69.8 Å². The lowest BCUT2D eigenvalue weighted by molar-refractivity contribution is 0.582. The zero-order chi connectivity index (χ0) is 8.10. The van der Waals surface area contributed by atoms with Gasteiger partial charge < -0.3 is 10.6 Å². The molecule has 0 spiro atoms. The first kappa shape index (κ1) is 9.01. The lowest BCUT2D eigenvalue weighted by Gasteiger charge is -2.02. The zero-order valence-electron chi connectivity index (χ0n) is 7.69. The average Bonchev–Trinajstić information content (AvgIpc) is 2.67. The maximum Gasteiger partial charge on any atom is -0.00179 e. The molecule has 66 valence electrons. The largest absolute Gasteiger partial charge is 0.320 e. The van der Waals surface area contributed by atoms with Gasteiger partial charge in [0.25, 0.3) is 0 Å². The Bertz CT molecular complexity index is 104.